The summed E-state index contributed by atoms with van der Waals surface area (Å²) in [7, 11) is 0. The van der Waals surface area contributed by atoms with Gasteiger partial charge in [-0.15, -0.1) is 0 Å². The Balaban J connectivity index is 2.49. The van der Waals surface area contributed by atoms with Crippen molar-refractivity contribution in [2.75, 3.05) is 39.3 Å². The lowest BCUT2D eigenvalue weighted by molar-refractivity contribution is 0.0649. The zero-order valence-electron chi connectivity index (χ0n) is 12.0. The minimum Gasteiger partial charge on any atom is -0.325 e. The van der Waals surface area contributed by atoms with Gasteiger partial charge in [0.05, 0.1) is 0 Å². The maximum absolute atomic E-state index is 12.2. The van der Waals surface area contributed by atoms with Crippen molar-refractivity contribution >= 4 is 6.03 Å². The topological polar surface area (TPSA) is 26.8 Å². The van der Waals surface area contributed by atoms with Gasteiger partial charge in [0.15, 0.2) is 0 Å². The molecule has 0 spiro atoms. The average Bonchev–Trinajstić information content (AvgIpc) is 2.29. The van der Waals surface area contributed by atoms with Crippen molar-refractivity contribution in [2.45, 2.75) is 40.2 Å². The van der Waals surface area contributed by atoms with Crippen LogP contribution in [0.25, 0.3) is 0 Å². The van der Waals surface area contributed by atoms with E-state index in [1.54, 1.807) is 0 Å². The highest BCUT2D eigenvalue weighted by Crippen LogP contribution is 2.16. The lowest BCUT2D eigenvalue weighted by Gasteiger charge is -2.43. The highest BCUT2D eigenvalue weighted by atomic mass is 16.2. The molecule has 0 aliphatic carbocycles. The molecule has 1 saturated heterocycles. The summed E-state index contributed by atoms with van der Waals surface area (Å²) in [5, 5.41) is 0. The molecule has 0 aromatic heterocycles. The van der Waals surface area contributed by atoms with E-state index in [2.05, 4.69) is 25.7 Å². The maximum Gasteiger partial charge on any atom is 0.320 e. The Bertz CT molecular complexity index is 248. The molecule has 1 fully saturated rings. The van der Waals surface area contributed by atoms with E-state index in [1.807, 2.05) is 23.6 Å². The van der Waals surface area contributed by atoms with Crippen LogP contribution in [0.3, 0.4) is 0 Å². The largest absolute Gasteiger partial charge is 0.325 e. The van der Waals surface area contributed by atoms with Crippen molar-refractivity contribution in [2.24, 2.45) is 0 Å². The molecule has 0 bridgehead atoms. The fourth-order valence-electron chi connectivity index (χ4n) is 2.26. The summed E-state index contributed by atoms with van der Waals surface area (Å²) in [5.41, 5.74) is 0.213. The Kier molecular flexibility index (Phi) is 4.80. The van der Waals surface area contributed by atoms with Gasteiger partial charge >= 0.3 is 6.03 Å². The molecule has 0 N–H and O–H groups in total. The van der Waals surface area contributed by atoms with E-state index in [0.29, 0.717) is 0 Å². The molecule has 1 rings (SSSR count). The molecule has 17 heavy (non-hydrogen) atoms. The highest BCUT2D eigenvalue weighted by Gasteiger charge is 2.28. The Morgan fingerprint density at radius 2 is 1.53 bits per heavy atom. The molecule has 4 nitrogen and oxygen atoms in total. The second kappa shape index (κ2) is 5.71. The van der Waals surface area contributed by atoms with Crippen LogP contribution in [-0.2, 0) is 0 Å². The first-order chi connectivity index (χ1) is 7.90. The van der Waals surface area contributed by atoms with Crippen molar-refractivity contribution < 1.29 is 4.79 Å². The van der Waals surface area contributed by atoms with E-state index in [-0.39, 0.29) is 11.6 Å². The monoisotopic (exact) mass is 241 g/mol. The van der Waals surface area contributed by atoms with Gasteiger partial charge in [0.25, 0.3) is 0 Å². The van der Waals surface area contributed by atoms with Gasteiger partial charge in [-0.1, -0.05) is 0 Å². The number of piperazine rings is 1. The van der Waals surface area contributed by atoms with Crippen molar-refractivity contribution in [1.29, 1.82) is 0 Å². The number of urea groups is 1. The van der Waals surface area contributed by atoms with Crippen molar-refractivity contribution in [1.82, 2.24) is 14.7 Å². The highest BCUT2D eigenvalue weighted by molar-refractivity contribution is 5.74. The van der Waals surface area contributed by atoms with Crippen LogP contribution in [0.5, 0.6) is 0 Å². The Morgan fingerprint density at radius 3 is 1.88 bits per heavy atom. The lowest BCUT2D eigenvalue weighted by Crippen LogP contribution is -2.56. The Hall–Kier alpha value is -0.770. The van der Waals surface area contributed by atoms with Crippen LogP contribution < -0.4 is 0 Å². The molecule has 0 aromatic carbocycles. The van der Waals surface area contributed by atoms with Crippen LogP contribution in [-0.4, -0.2) is 65.5 Å². The summed E-state index contributed by atoms with van der Waals surface area (Å²) >= 11 is 0. The van der Waals surface area contributed by atoms with Gasteiger partial charge in [0.1, 0.15) is 0 Å². The number of carbonyl (C=O) groups excluding carboxylic acids is 1. The van der Waals surface area contributed by atoms with Crippen LogP contribution >= 0.6 is 0 Å². The number of rotatable bonds is 2. The van der Waals surface area contributed by atoms with E-state index in [1.165, 1.54) is 0 Å². The average molecular weight is 241 g/mol. The molecule has 0 unspecified atom stereocenters. The van der Waals surface area contributed by atoms with E-state index in [9.17, 15) is 4.79 Å². The second-order valence-electron chi connectivity index (χ2n) is 5.60. The first-order valence-electron chi connectivity index (χ1n) is 6.69. The smallest absolute Gasteiger partial charge is 0.320 e. The van der Waals surface area contributed by atoms with Gasteiger partial charge in [-0.05, 0) is 34.6 Å². The zero-order chi connectivity index (χ0) is 13.1. The standard InChI is InChI=1S/C13H27N3O/c1-6-14(7-2)12(17)15-8-10-16(11-9-15)13(3,4)5/h6-11H2,1-5H3. The van der Waals surface area contributed by atoms with Gasteiger partial charge < -0.3 is 9.80 Å². The number of nitrogens with zero attached hydrogens (tertiary/aromatic N) is 3. The maximum atomic E-state index is 12.2. The van der Waals surface area contributed by atoms with E-state index < -0.39 is 0 Å². The fraction of sp³-hybridized carbons (Fsp3) is 0.923. The van der Waals surface area contributed by atoms with E-state index in [4.69, 9.17) is 0 Å². The van der Waals surface area contributed by atoms with Gasteiger partial charge in [0, 0.05) is 44.8 Å². The molecule has 1 aliphatic rings. The van der Waals surface area contributed by atoms with Crippen LogP contribution in [0.15, 0.2) is 0 Å². The molecule has 1 heterocycles. The van der Waals surface area contributed by atoms with Gasteiger partial charge in [-0.25, -0.2) is 4.79 Å². The molecule has 0 aromatic rings. The summed E-state index contributed by atoms with van der Waals surface area (Å²) in [6.45, 7) is 16.0. The zero-order valence-corrected chi connectivity index (χ0v) is 12.0. The van der Waals surface area contributed by atoms with E-state index >= 15 is 0 Å². The summed E-state index contributed by atoms with van der Waals surface area (Å²) in [6, 6.07) is 0.198. The Labute approximate surface area is 106 Å². The third kappa shape index (κ3) is 3.60. The van der Waals surface area contributed by atoms with E-state index in [0.717, 1.165) is 39.3 Å². The summed E-state index contributed by atoms with van der Waals surface area (Å²) < 4.78 is 0. The van der Waals surface area contributed by atoms with Crippen LogP contribution in [0.4, 0.5) is 4.79 Å². The van der Waals surface area contributed by atoms with Crippen molar-refractivity contribution in [3.63, 3.8) is 0 Å². The van der Waals surface area contributed by atoms with Gasteiger partial charge in [0.2, 0.25) is 0 Å². The van der Waals surface area contributed by atoms with Crippen molar-refractivity contribution in [3.05, 3.63) is 0 Å². The van der Waals surface area contributed by atoms with Gasteiger partial charge in [-0.2, -0.15) is 0 Å². The molecule has 2 amide bonds. The summed E-state index contributed by atoms with van der Waals surface area (Å²) in [4.78, 5) is 18.5. The second-order valence-corrected chi connectivity index (χ2v) is 5.60. The minimum absolute atomic E-state index is 0.198. The lowest BCUT2D eigenvalue weighted by atomic mass is 10.1. The predicted molar refractivity (Wildman–Crippen MR) is 71.2 cm³/mol. The quantitative estimate of drug-likeness (QED) is 0.738. The minimum atomic E-state index is 0.198. The number of amides is 2. The Morgan fingerprint density at radius 1 is 1.06 bits per heavy atom. The van der Waals surface area contributed by atoms with Gasteiger partial charge in [-0.3, -0.25) is 4.90 Å². The summed E-state index contributed by atoms with van der Waals surface area (Å²) in [6.07, 6.45) is 0. The first kappa shape index (κ1) is 14.3. The molecule has 0 radical (unpaired) electrons. The molecule has 0 saturated carbocycles. The molecular weight excluding hydrogens is 214 g/mol. The number of hydrogen-bond acceptors (Lipinski definition) is 2. The van der Waals surface area contributed by atoms with Crippen molar-refractivity contribution in [3.8, 4) is 0 Å². The third-order valence-corrected chi connectivity index (χ3v) is 3.53. The van der Waals surface area contributed by atoms with Crippen LogP contribution in [0.2, 0.25) is 0 Å². The third-order valence-electron chi connectivity index (χ3n) is 3.53. The molecule has 4 heteroatoms. The summed E-state index contributed by atoms with van der Waals surface area (Å²) in [5.74, 6) is 0. The molecule has 1 aliphatic heterocycles. The predicted octanol–water partition coefficient (Wildman–Crippen LogP) is 1.86. The SMILES string of the molecule is CCN(CC)C(=O)N1CCN(C(C)(C)C)CC1. The molecule has 0 atom stereocenters. The fourth-order valence-corrected chi connectivity index (χ4v) is 2.26. The molecular formula is C13H27N3O. The first-order valence-corrected chi connectivity index (χ1v) is 6.69. The number of hydrogen-bond donors (Lipinski definition) is 0. The van der Waals surface area contributed by atoms with Crippen LogP contribution in [0.1, 0.15) is 34.6 Å². The molecule has 100 valence electrons. The van der Waals surface area contributed by atoms with Crippen LogP contribution in [0, 0.1) is 0 Å². The number of carbonyl (C=O) groups is 1. The normalized spacial score (nSPS) is 18.3.